The van der Waals surface area contributed by atoms with Gasteiger partial charge in [0.05, 0.1) is 11.3 Å². The molecule has 0 saturated carbocycles. The minimum absolute atomic E-state index is 0.163. The van der Waals surface area contributed by atoms with Gasteiger partial charge in [-0.1, -0.05) is 13.0 Å². The van der Waals surface area contributed by atoms with Crippen molar-refractivity contribution in [1.82, 2.24) is 0 Å². The van der Waals surface area contributed by atoms with Gasteiger partial charge in [-0.2, -0.15) is 0 Å². The molecule has 1 amide bonds. The van der Waals surface area contributed by atoms with Gasteiger partial charge in [0.2, 0.25) is 5.91 Å². The second-order valence-electron chi connectivity index (χ2n) is 4.23. The summed E-state index contributed by atoms with van der Waals surface area (Å²) in [5.41, 5.74) is 0.174. The first-order valence-electron chi connectivity index (χ1n) is 6.36. The van der Waals surface area contributed by atoms with Gasteiger partial charge in [-0.15, -0.1) is 34.4 Å². The summed E-state index contributed by atoms with van der Waals surface area (Å²) in [5, 5.41) is 14.3. The van der Waals surface area contributed by atoms with E-state index in [0.717, 1.165) is 17.1 Å². The van der Waals surface area contributed by atoms with E-state index in [4.69, 9.17) is 5.11 Å². The fourth-order valence-corrected chi connectivity index (χ4v) is 4.34. The molecular weight excluding hydrogens is 326 g/mol. The fourth-order valence-electron chi connectivity index (χ4n) is 1.67. The molecule has 2 N–H and O–H groups in total. The lowest BCUT2D eigenvalue weighted by molar-refractivity contribution is -0.113. The maximum absolute atomic E-state index is 11.9. The molecule has 7 heteroatoms. The number of hydrogen-bond donors (Lipinski definition) is 2. The Hall–Kier alpha value is -1.31. The summed E-state index contributed by atoms with van der Waals surface area (Å²) in [6.07, 6.45) is 0.758. The van der Waals surface area contributed by atoms with Crippen molar-refractivity contribution in [2.24, 2.45) is 0 Å². The van der Waals surface area contributed by atoms with Crippen LogP contribution in [-0.4, -0.2) is 22.7 Å². The maximum atomic E-state index is 11.9. The summed E-state index contributed by atoms with van der Waals surface area (Å²) in [6.45, 7) is 1.96. The van der Waals surface area contributed by atoms with Crippen molar-refractivity contribution < 1.29 is 14.7 Å². The molecule has 4 nitrogen and oxygen atoms in total. The summed E-state index contributed by atoms with van der Waals surface area (Å²) < 4.78 is 0. The van der Waals surface area contributed by atoms with E-state index < -0.39 is 5.97 Å². The van der Waals surface area contributed by atoms with Gasteiger partial charge in [-0.05, 0) is 23.9 Å². The first kappa shape index (κ1) is 16.1. The molecule has 0 unspecified atom stereocenters. The Morgan fingerprint density at radius 1 is 1.38 bits per heavy atom. The molecule has 0 aliphatic heterocycles. The average Bonchev–Trinajstić information content (AvgIpc) is 3.07. The van der Waals surface area contributed by atoms with Crippen LogP contribution in [0.2, 0.25) is 0 Å². The van der Waals surface area contributed by atoms with E-state index in [2.05, 4.69) is 5.32 Å². The second-order valence-corrected chi connectivity index (χ2v) is 7.39. The number of thiophene rings is 2. The minimum Gasteiger partial charge on any atom is -0.478 e. The number of carboxylic acid groups (broad SMARTS) is 1. The number of amides is 1. The van der Waals surface area contributed by atoms with Crippen molar-refractivity contribution in [2.45, 2.75) is 19.1 Å². The van der Waals surface area contributed by atoms with Gasteiger partial charge < -0.3 is 10.4 Å². The number of carbonyl (C=O) groups excluding carboxylic acids is 1. The van der Waals surface area contributed by atoms with Crippen LogP contribution in [0.1, 0.15) is 27.0 Å². The monoisotopic (exact) mass is 341 g/mol. The third kappa shape index (κ3) is 4.59. The second kappa shape index (κ2) is 7.63. The topological polar surface area (TPSA) is 66.4 Å². The summed E-state index contributed by atoms with van der Waals surface area (Å²) in [7, 11) is 0. The van der Waals surface area contributed by atoms with E-state index in [1.165, 1.54) is 28.0 Å². The zero-order valence-corrected chi connectivity index (χ0v) is 13.9. The number of rotatable bonds is 7. The van der Waals surface area contributed by atoms with Crippen molar-refractivity contribution in [3.05, 3.63) is 38.9 Å². The normalized spacial score (nSPS) is 10.5. The first-order valence-corrected chi connectivity index (χ1v) is 9.21. The molecule has 112 valence electrons. The molecule has 21 heavy (non-hydrogen) atoms. The number of aromatic carboxylic acids is 1. The van der Waals surface area contributed by atoms with Gasteiger partial charge in [0.25, 0.3) is 0 Å². The molecule has 2 rings (SSSR count). The number of nitrogens with one attached hydrogen (secondary N) is 1. The first-order chi connectivity index (χ1) is 10.1. The molecular formula is C14H15NO3S3. The Labute approximate surface area is 135 Å². The Kier molecular flexibility index (Phi) is 5.84. The standard InChI is InChI=1S/C14H15NO3S3/c1-2-9-6-11(14(17)18)13(21-9)15-12(16)8-19-7-10-4-3-5-20-10/h3-6H,2,7-8H2,1H3,(H,15,16)(H,17,18). The molecule has 0 aliphatic rings. The molecule has 2 aromatic heterocycles. The summed E-state index contributed by atoms with van der Waals surface area (Å²) in [4.78, 5) is 25.2. The van der Waals surface area contributed by atoms with Crippen LogP contribution in [-0.2, 0) is 17.0 Å². The lowest BCUT2D eigenvalue weighted by Crippen LogP contribution is -2.15. The molecule has 0 saturated heterocycles. The molecule has 0 fully saturated rings. The van der Waals surface area contributed by atoms with Gasteiger partial charge in [0.15, 0.2) is 0 Å². The lowest BCUT2D eigenvalue weighted by Gasteiger charge is -2.03. The Balaban J connectivity index is 1.90. The third-order valence-electron chi connectivity index (χ3n) is 2.67. The van der Waals surface area contributed by atoms with E-state index >= 15 is 0 Å². The maximum Gasteiger partial charge on any atom is 0.338 e. The van der Waals surface area contributed by atoms with Crippen LogP contribution in [0.5, 0.6) is 0 Å². The van der Waals surface area contributed by atoms with Crippen LogP contribution in [0, 0.1) is 0 Å². The fraction of sp³-hybridized carbons (Fsp3) is 0.286. The van der Waals surface area contributed by atoms with Crippen LogP contribution in [0.3, 0.4) is 0 Å². The van der Waals surface area contributed by atoms with Crippen molar-refractivity contribution >= 4 is 51.3 Å². The van der Waals surface area contributed by atoms with E-state index in [-0.39, 0.29) is 11.5 Å². The van der Waals surface area contributed by atoms with Crippen LogP contribution >= 0.6 is 34.4 Å². The van der Waals surface area contributed by atoms with Gasteiger partial charge in [-0.25, -0.2) is 4.79 Å². The van der Waals surface area contributed by atoms with Gasteiger partial charge in [-0.3, -0.25) is 4.79 Å². The van der Waals surface area contributed by atoms with Crippen molar-refractivity contribution in [3.63, 3.8) is 0 Å². The van der Waals surface area contributed by atoms with Crippen LogP contribution < -0.4 is 5.32 Å². The summed E-state index contributed by atoms with van der Waals surface area (Å²) in [5.74, 6) is -0.0614. The SMILES string of the molecule is CCc1cc(C(=O)O)c(NC(=O)CSCc2cccs2)s1. The number of carboxylic acids is 1. The van der Waals surface area contributed by atoms with E-state index in [0.29, 0.717) is 10.8 Å². The zero-order chi connectivity index (χ0) is 15.2. The van der Waals surface area contributed by atoms with Gasteiger partial charge in [0, 0.05) is 15.5 Å². The highest BCUT2D eigenvalue weighted by molar-refractivity contribution is 7.99. The van der Waals surface area contributed by atoms with Crippen molar-refractivity contribution in [2.75, 3.05) is 11.1 Å². The number of carbonyl (C=O) groups is 2. The number of thioether (sulfide) groups is 1. The molecule has 2 heterocycles. The lowest BCUT2D eigenvalue weighted by atomic mass is 10.2. The van der Waals surface area contributed by atoms with E-state index in [1.54, 1.807) is 17.4 Å². The molecule has 0 aliphatic carbocycles. The Bertz CT molecular complexity index is 619. The number of hydrogen-bond acceptors (Lipinski definition) is 5. The van der Waals surface area contributed by atoms with Crippen LogP contribution in [0.4, 0.5) is 5.00 Å². The van der Waals surface area contributed by atoms with E-state index in [1.807, 2.05) is 24.4 Å². The smallest absolute Gasteiger partial charge is 0.338 e. The van der Waals surface area contributed by atoms with Gasteiger partial charge in [0.1, 0.15) is 5.00 Å². The molecule has 0 spiro atoms. The minimum atomic E-state index is -1.01. The molecule has 2 aromatic rings. The van der Waals surface area contributed by atoms with E-state index in [9.17, 15) is 9.59 Å². The summed E-state index contributed by atoms with van der Waals surface area (Å²) >= 11 is 4.51. The average molecular weight is 341 g/mol. The Morgan fingerprint density at radius 2 is 2.19 bits per heavy atom. The highest BCUT2D eigenvalue weighted by Crippen LogP contribution is 2.29. The third-order valence-corrected chi connectivity index (χ3v) is 5.91. The molecule has 0 radical (unpaired) electrons. The van der Waals surface area contributed by atoms with Crippen LogP contribution in [0.15, 0.2) is 23.6 Å². The van der Waals surface area contributed by atoms with Gasteiger partial charge >= 0.3 is 5.97 Å². The summed E-state index contributed by atoms with van der Waals surface area (Å²) in [6, 6.07) is 5.64. The zero-order valence-electron chi connectivity index (χ0n) is 11.4. The highest BCUT2D eigenvalue weighted by Gasteiger charge is 2.16. The quantitative estimate of drug-likeness (QED) is 0.800. The molecule has 0 atom stereocenters. The predicted octanol–water partition coefficient (Wildman–Crippen LogP) is 3.94. The largest absolute Gasteiger partial charge is 0.478 e. The number of anilines is 1. The van der Waals surface area contributed by atoms with Crippen LogP contribution in [0.25, 0.3) is 0 Å². The van der Waals surface area contributed by atoms with Crippen molar-refractivity contribution in [3.8, 4) is 0 Å². The highest BCUT2D eigenvalue weighted by atomic mass is 32.2. The van der Waals surface area contributed by atoms with Crippen molar-refractivity contribution in [1.29, 1.82) is 0 Å². The molecule has 0 bridgehead atoms. The number of aryl methyl sites for hydroxylation is 1. The Morgan fingerprint density at radius 3 is 2.81 bits per heavy atom. The molecule has 0 aromatic carbocycles. The predicted molar refractivity (Wildman–Crippen MR) is 89.8 cm³/mol.